The molecular formula is C23H26ClN3O2. The zero-order valence-electron chi connectivity index (χ0n) is 16.8. The molecule has 0 unspecified atom stereocenters. The lowest BCUT2D eigenvalue weighted by Gasteiger charge is -2.24. The molecule has 0 saturated carbocycles. The van der Waals surface area contributed by atoms with Gasteiger partial charge in [0.15, 0.2) is 0 Å². The highest BCUT2D eigenvalue weighted by atomic mass is 35.5. The van der Waals surface area contributed by atoms with Crippen molar-refractivity contribution in [1.82, 2.24) is 9.47 Å². The normalized spacial score (nSPS) is 10.7. The summed E-state index contributed by atoms with van der Waals surface area (Å²) >= 11 is 6.11. The molecule has 152 valence electrons. The Labute approximate surface area is 176 Å². The number of methoxy groups -OCH3 is 1. The first-order valence-corrected chi connectivity index (χ1v) is 9.93. The molecule has 0 fully saturated rings. The third kappa shape index (κ3) is 5.86. The maximum Gasteiger partial charge on any atom is 0.322 e. The number of carbonyl (C=O) groups is 1. The van der Waals surface area contributed by atoms with E-state index in [2.05, 4.69) is 9.88 Å². The van der Waals surface area contributed by atoms with Gasteiger partial charge < -0.3 is 19.5 Å². The molecule has 29 heavy (non-hydrogen) atoms. The summed E-state index contributed by atoms with van der Waals surface area (Å²) in [6.07, 6.45) is 2.02. The van der Waals surface area contributed by atoms with Crippen LogP contribution in [0.1, 0.15) is 16.8 Å². The van der Waals surface area contributed by atoms with Crippen LogP contribution < -0.4 is 5.32 Å². The number of aryl methyl sites for hydroxylation is 1. The van der Waals surface area contributed by atoms with Gasteiger partial charge in [0.1, 0.15) is 0 Å². The molecule has 3 rings (SSSR count). The molecule has 0 bridgehead atoms. The largest absolute Gasteiger partial charge is 0.383 e. The number of urea groups is 1. The molecule has 3 aromatic rings. The number of nitrogens with zero attached hydrogens (tertiary/aromatic N) is 2. The number of carbonyl (C=O) groups excluding carboxylic acids is 1. The van der Waals surface area contributed by atoms with E-state index in [0.29, 0.717) is 26.2 Å². The van der Waals surface area contributed by atoms with E-state index in [-0.39, 0.29) is 6.03 Å². The van der Waals surface area contributed by atoms with Crippen LogP contribution >= 0.6 is 11.6 Å². The summed E-state index contributed by atoms with van der Waals surface area (Å²) < 4.78 is 7.34. The summed E-state index contributed by atoms with van der Waals surface area (Å²) in [5.41, 5.74) is 4.00. The van der Waals surface area contributed by atoms with Crippen LogP contribution in [0.2, 0.25) is 5.02 Å². The molecule has 6 heteroatoms. The van der Waals surface area contributed by atoms with E-state index in [4.69, 9.17) is 16.3 Å². The van der Waals surface area contributed by atoms with Gasteiger partial charge in [0.05, 0.1) is 13.2 Å². The predicted molar refractivity (Wildman–Crippen MR) is 117 cm³/mol. The van der Waals surface area contributed by atoms with Crippen molar-refractivity contribution in [1.29, 1.82) is 0 Å². The fraction of sp³-hybridized carbons (Fsp3) is 0.261. The van der Waals surface area contributed by atoms with Crippen molar-refractivity contribution in [3.05, 3.63) is 88.7 Å². The van der Waals surface area contributed by atoms with Gasteiger partial charge in [-0.3, -0.25) is 0 Å². The Balaban J connectivity index is 1.74. The summed E-state index contributed by atoms with van der Waals surface area (Å²) in [6.45, 7) is 4.12. The second-order valence-electron chi connectivity index (χ2n) is 6.92. The number of rotatable bonds is 8. The smallest absolute Gasteiger partial charge is 0.322 e. The number of hydrogen-bond donors (Lipinski definition) is 1. The van der Waals surface area contributed by atoms with Crippen LogP contribution in [-0.4, -0.2) is 35.8 Å². The van der Waals surface area contributed by atoms with Gasteiger partial charge in [-0.15, -0.1) is 0 Å². The highest BCUT2D eigenvalue weighted by Crippen LogP contribution is 2.17. The first kappa shape index (κ1) is 21.0. The Kier molecular flexibility index (Phi) is 7.33. The van der Waals surface area contributed by atoms with Crippen molar-refractivity contribution >= 4 is 23.3 Å². The van der Waals surface area contributed by atoms with Crippen molar-refractivity contribution < 1.29 is 9.53 Å². The Morgan fingerprint density at radius 1 is 1.14 bits per heavy atom. The number of halogens is 1. The van der Waals surface area contributed by atoms with E-state index >= 15 is 0 Å². The van der Waals surface area contributed by atoms with Crippen molar-refractivity contribution in [2.24, 2.45) is 0 Å². The second kappa shape index (κ2) is 10.1. The van der Waals surface area contributed by atoms with Gasteiger partial charge in [-0.1, -0.05) is 41.9 Å². The summed E-state index contributed by atoms with van der Waals surface area (Å²) in [4.78, 5) is 14.7. The Hall–Kier alpha value is -2.76. The number of para-hydroxylation sites is 1. The van der Waals surface area contributed by atoms with Gasteiger partial charge in [0, 0.05) is 42.8 Å². The molecule has 0 atom stereocenters. The van der Waals surface area contributed by atoms with Crippen molar-refractivity contribution in [3.8, 4) is 0 Å². The summed E-state index contributed by atoms with van der Waals surface area (Å²) in [5.74, 6) is 0. The average molecular weight is 412 g/mol. The van der Waals surface area contributed by atoms with Crippen LogP contribution in [0.5, 0.6) is 0 Å². The minimum absolute atomic E-state index is 0.146. The number of ether oxygens (including phenoxy) is 1. The quantitative estimate of drug-likeness (QED) is 0.555. The molecule has 0 radical (unpaired) electrons. The van der Waals surface area contributed by atoms with Crippen molar-refractivity contribution in [2.45, 2.75) is 20.0 Å². The number of anilines is 1. The number of aromatic nitrogens is 1. The van der Waals surface area contributed by atoms with Gasteiger partial charge in [-0.2, -0.15) is 0 Å². The Bertz CT molecular complexity index is 955. The summed E-state index contributed by atoms with van der Waals surface area (Å²) in [5, 5.41) is 3.73. The minimum Gasteiger partial charge on any atom is -0.383 e. The van der Waals surface area contributed by atoms with Crippen LogP contribution in [0.15, 0.2) is 66.9 Å². The lowest BCUT2D eigenvalue weighted by atomic mass is 10.2. The molecule has 5 nitrogen and oxygen atoms in total. The van der Waals surface area contributed by atoms with E-state index < -0.39 is 0 Å². The number of amides is 2. The molecule has 0 aliphatic heterocycles. The Morgan fingerprint density at radius 2 is 1.97 bits per heavy atom. The van der Waals surface area contributed by atoms with Crippen molar-refractivity contribution in [2.75, 3.05) is 25.6 Å². The number of nitrogens with one attached hydrogen (secondary N) is 1. The Morgan fingerprint density at radius 3 is 2.72 bits per heavy atom. The average Bonchev–Trinajstić information content (AvgIpc) is 3.13. The monoisotopic (exact) mass is 411 g/mol. The van der Waals surface area contributed by atoms with Gasteiger partial charge in [-0.05, 0) is 48.4 Å². The molecule has 1 heterocycles. The van der Waals surface area contributed by atoms with E-state index in [9.17, 15) is 4.79 Å². The highest BCUT2D eigenvalue weighted by Gasteiger charge is 2.16. The molecule has 1 N–H and O–H groups in total. The SMILES string of the molecule is COCCN(Cc1cccn1Cc1cccc(Cl)c1)C(=O)Nc1ccccc1C. The van der Waals surface area contributed by atoms with Crippen LogP contribution in [0.3, 0.4) is 0 Å². The maximum absolute atomic E-state index is 12.9. The first-order valence-electron chi connectivity index (χ1n) is 9.56. The molecule has 0 saturated heterocycles. The van der Waals surface area contributed by atoms with Gasteiger partial charge in [0.25, 0.3) is 0 Å². The standard InChI is InChI=1S/C23H26ClN3O2/c1-18-7-3-4-11-22(18)25-23(28)27(13-14-29-2)17-21-10-6-12-26(21)16-19-8-5-9-20(24)15-19/h3-12,15H,13-14,16-17H2,1-2H3,(H,25,28). The molecule has 2 aromatic carbocycles. The molecular weight excluding hydrogens is 386 g/mol. The minimum atomic E-state index is -0.146. The van der Waals surface area contributed by atoms with Gasteiger partial charge >= 0.3 is 6.03 Å². The zero-order chi connectivity index (χ0) is 20.6. The van der Waals surface area contributed by atoms with E-state index in [1.807, 2.05) is 73.8 Å². The van der Waals surface area contributed by atoms with Crippen LogP contribution in [0, 0.1) is 6.92 Å². The third-order valence-electron chi connectivity index (χ3n) is 4.76. The number of benzene rings is 2. The summed E-state index contributed by atoms with van der Waals surface area (Å²) in [6, 6.07) is 19.4. The summed E-state index contributed by atoms with van der Waals surface area (Å²) in [7, 11) is 1.64. The van der Waals surface area contributed by atoms with Gasteiger partial charge in [-0.25, -0.2) is 4.79 Å². The zero-order valence-corrected chi connectivity index (χ0v) is 17.5. The van der Waals surface area contributed by atoms with Crippen LogP contribution in [-0.2, 0) is 17.8 Å². The van der Waals surface area contributed by atoms with E-state index in [0.717, 1.165) is 27.5 Å². The first-order chi connectivity index (χ1) is 14.1. The fourth-order valence-corrected chi connectivity index (χ4v) is 3.35. The second-order valence-corrected chi connectivity index (χ2v) is 7.35. The van der Waals surface area contributed by atoms with Crippen LogP contribution in [0.4, 0.5) is 10.5 Å². The molecule has 0 aliphatic carbocycles. The lowest BCUT2D eigenvalue weighted by Crippen LogP contribution is -2.37. The van der Waals surface area contributed by atoms with E-state index in [1.165, 1.54) is 0 Å². The number of hydrogen-bond acceptors (Lipinski definition) is 2. The van der Waals surface area contributed by atoms with Crippen molar-refractivity contribution in [3.63, 3.8) is 0 Å². The third-order valence-corrected chi connectivity index (χ3v) is 4.99. The van der Waals surface area contributed by atoms with Gasteiger partial charge in [0.2, 0.25) is 0 Å². The van der Waals surface area contributed by atoms with E-state index in [1.54, 1.807) is 12.0 Å². The lowest BCUT2D eigenvalue weighted by molar-refractivity contribution is 0.152. The molecule has 0 aliphatic rings. The topological polar surface area (TPSA) is 46.5 Å². The molecule has 0 spiro atoms. The molecule has 1 aromatic heterocycles. The predicted octanol–water partition coefficient (Wildman–Crippen LogP) is 5.18. The highest BCUT2D eigenvalue weighted by molar-refractivity contribution is 6.30. The van der Waals surface area contributed by atoms with Crippen LogP contribution in [0.25, 0.3) is 0 Å². The molecule has 2 amide bonds. The maximum atomic E-state index is 12.9. The fourth-order valence-electron chi connectivity index (χ4n) is 3.14.